The Bertz CT molecular complexity index is 3010. The quantitative estimate of drug-likeness (QED) is 0.0445. The van der Waals surface area contributed by atoms with Gasteiger partial charge < -0.3 is 67.1 Å². The third-order valence-corrected chi connectivity index (χ3v) is 16.7. The third-order valence-electron chi connectivity index (χ3n) is 16.7. The van der Waals surface area contributed by atoms with Gasteiger partial charge in [-0.25, -0.2) is 0 Å². The summed E-state index contributed by atoms with van der Waals surface area (Å²) in [5, 5.41) is 21.0. The molecule has 4 aliphatic heterocycles. The van der Waals surface area contributed by atoms with E-state index in [4.69, 9.17) is 56.8 Å². The van der Waals surface area contributed by atoms with Crippen molar-refractivity contribution in [3.63, 3.8) is 0 Å². The van der Waals surface area contributed by atoms with E-state index in [1.165, 1.54) is 22.3 Å². The molecule has 88 heavy (non-hydrogen) atoms. The number of aliphatic hydroxyl groups excluding tert-OH is 2. The van der Waals surface area contributed by atoms with Gasteiger partial charge in [0.2, 0.25) is 25.2 Å². The van der Waals surface area contributed by atoms with Crippen molar-refractivity contribution in [2.45, 2.75) is 114 Å². The maximum absolute atomic E-state index is 10.5. The Balaban J connectivity index is 0.000000182. The zero-order chi connectivity index (χ0) is 61.5. The SMILES string of the molecule is CC(C)(c1ccc(OCC(O)COc2ccc(C(C)(C)c3ccc(OC4CO4)cc3)cc2)cc1)c1ccc(OC2CO2)cc1.CC(C)(c1ccc(OCC(O)COc2ccc(C(C)(C)c3ccc(OC4CO4)cc3)cc2)cc1)c1ccc(OC2CO2)cc1. The van der Waals surface area contributed by atoms with Crippen molar-refractivity contribution in [1.29, 1.82) is 0 Å². The third kappa shape index (κ3) is 16.4. The van der Waals surface area contributed by atoms with Gasteiger partial charge >= 0.3 is 0 Å². The number of epoxide rings is 4. The summed E-state index contributed by atoms with van der Waals surface area (Å²) in [5.74, 6) is 6.04. The summed E-state index contributed by atoms with van der Waals surface area (Å²) in [6.07, 6.45) is -1.95. The maximum Gasteiger partial charge on any atom is 0.223 e. The average Bonchev–Trinajstić information content (AvgIpc) is 4.18. The monoisotopic (exact) mass is 1190 g/mol. The molecule has 12 rings (SSSR count). The normalized spacial score (nSPS) is 18.3. The van der Waals surface area contributed by atoms with Crippen molar-refractivity contribution in [3.05, 3.63) is 239 Å². The fraction of sp³-hybridized carbons (Fsp3) is 0.351. The molecule has 0 amide bonds. The standard InChI is InChI=1S/2C37H40O7/c2*1-36(2,27-9-17-32(18-10-27)43-34-23-41-34)25-5-13-30(14-6-25)39-21-29(38)22-40-31-15-7-26(8-16-31)37(3,4)28-11-19-33(20-12-28)44-35-24-42-35/h2*5-20,29,34-35,38H,21-24H2,1-4H3. The molecule has 0 saturated carbocycles. The largest absolute Gasteiger partial charge is 0.491 e. The van der Waals surface area contributed by atoms with Gasteiger partial charge in [-0.05, 0) is 142 Å². The van der Waals surface area contributed by atoms with Crippen molar-refractivity contribution >= 4 is 0 Å². The topological polar surface area (TPSA) is 164 Å². The highest BCUT2D eigenvalue weighted by atomic mass is 16.8. The summed E-state index contributed by atoms with van der Waals surface area (Å²) in [5.41, 5.74) is 8.59. The summed E-state index contributed by atoms with van der Waals surface area (Å²) < 4.78 is 66.7. The molecule has 4 heterocycles. The lowest BCUT2D eigenvalue weighted by Crippen LogP contribution is -2.25. The summed E-state index contributed by atoms with van der Waals surface area (Å²) in [6.45, 7) is 20.7. The summed E-state index contributed by atoms with van der Waals surface area (Å²) in [6, 6.07) is 64.6. The molecule has 0 aromatic heterocycles. The van der Waals surface area contributed by atoms with Gasteiger partial charge in [-0.2, -0.15) is 0 Å². The molecular formula is C74H80O14. The fourth-order valence-electron chi connectivity index (χ4n) is 10.2. The number of hydrogen-bond donors (Lipinski definition) is 2. The lowest BCUT2D eigenvalue weighted by atomic mass is 9.78. The molecule has 8 aromatic rings. The Morgan fingerprint density at radius 3 is 0.545 bits per heavy atom. The van der Waals surface area contributed by atoms with Gasteiger partial charge in [-0.1, -0.05) is 152 Å². The predicted molar refractivity (Wildman–Crippen MR) is 336 cm³/mol. The Morgan fingerprint density at radius 1 is 0.273 bits per heavy atom. The smallest absolute Gasteiger partial charge is 0.223 e. The molecular weight excluding hydrogens is 1110 g/mol. The van der Waals surface area contributed by atoms with E-state index in [1.807, 2.05) is 97.1 Å². The number of rotatable bonds is 28. The van der Waals surface area contributed by atoms with E-state index in [9.17, 15) is 10.2 Å². The van der Waals surface area contributed by atoms with Crippen LogP contribution in [-0.4, -0.2) is 100 Å². The van der Waals surface area contributed by atoms with Gasteiger partial charge in [0.1, 0.15) is 111 Å². The van der Waals surface area contributed by atoms with Crippen LogP contribution in [0.5, 0.6) is 46.0 Å². The molecule has 2 N–H and O–H groups in total. The highest BCUT2D eigenvalue weighted by Gasteiger charge is 2.31. The second-order valence-corrected chi connectivity index (χ2v) is 24.8. The minimum atomic E-state index is -0.772. The van der Waals surface area contributed by atoms with Crippen LogP contribution in [0, 0.1) is 0 Å². The molecule has 460 valence electrons. The van der Waals surface area contributed by atoms with Crippen LogP contribution < -0.4 is 37.9 Å². The molecule has 4 saturated heterocycles. The number of benzene rings is 8. The first kappa shape index (κ1) is 61.6. The van der Waals surface area contributed by atoms with Gasteiger partial charge in [-0.15, -0.1) is 0 Å². The Hall–Kier alpha value is -8.08. The van der Waals surface area contributed by atoms with Crippen LogP contribution in [0.2, 0.25) is 0 Å². The van der Waals surface area contributed by atoms with E-state index in [-0.39, 0.29) is 73.2 Å². The molecule has 4 fully saturated rings. The van der Waals surface area contributed by atoms with Crippen molar-refractivity contribution in [1.82, 2.24) is 0 Å². The van der Waals surface area contributed by atoms with Crippen LogP contribution >= 0.6 is 0 Å². The lowest BCUT2D eigenvalue weighted by molar-refractivity contribution is 0.0626. The summed E-state index contributed by atoms with van der Waals surface area (Å²) in [4.78, 5) is 0. The van der Waals surface area contributed by atoms with Crippen LogP contribution in [0.1, 0.15) is 99.9 Å². The van der Waals surface area contributed by atoms with Gasteiger partial charge in [0.05, 0.1) is 0 Å². The predicted octanol–water partition coefficient (Wildman–Crippen LogP) is 13.3. The first-order valence-corrected chi connectivity index (χ1v) is 30.2. The molecule has 14 nitrogen and oxygen atoms in total. The minimum Gasteiger partial charge on any atom is -0.491 e. The molecule has 0 bridgehead atoms. The number of ether oxygens (including phenoxy) is 12. The molecule has 4 aliphatic rings. The molecule has 0 aliphatic carbocycles. The molecule has 14 heteroatoms. The van der Waals surface area contributed by atoms with E-state index in [0.717, 1.165) is 45.3 Å². The Morgan fingerprint density at radius 2 is 0.409 bits per heavy atom. The number of aliphatic hydroxyl groups is 2. The van der Waals surface area contributed by atoms with Crippen molar-refractivity contribution in [2.75, 3.05) is 52.9 Å². The summed E-state index contributed by atoms with van der Waals surface area (Å²) in [7, 11) is 0. The zero-order valence-electron chi connectivity index (χ0n) is 51.4. The van der Waals surface area contributed by atoms with Gasteiger partial charge in [-0.3, -0.25) is 0 Å². The lowest BCUT2D eigenvalue weighted by Gasteiger charge is -2.26. The van der Waals surface area contributed by atoms with Crippen molar-refractivity contribution in [3.8, 4) is 46.0 Å². The van der Waals surface area contributed by atoms with E-state index >= 15 is 0 Å². The fourth-order valence-corrected chi connectivity index (χ4v) is 10.2. The van der Waals surface area contributed by atoms with Gasteiger partial charge in [0.15, 0.2) is 0 Å². The summed E-state index contributed by atoms with van der Waals surface area (Å²) >= 11 is 0. The van der Waals surface area contributed by atoms with E-state index in [2.05, 4.69) is 152 Å². The van der Waals surface area contributed by atoms with Crippen LogP contribution in [-0.2, 0) is 40.6 Å². The van der Waals surface area contributed by atoms with E-state index in [1.54, 1.807) is 0 Å². The van der Waals surface area contributed by atoms with E-state index in [0.29, 0.717) is 49.4 Å². The Labute approximate surface area is 516 Å². The molecule has 8 aromatic carbocycles. The van der Waals surface area contributed by atoms with Crippen LogP contribution in [0.4, 0.5) is 0 Å². The first-order valence-electron chi connectivity index (χ1n) is 30.2. The van der Waals surface area contributed by atoms with Gasteiger partial charge in [0.25, 0.3) is 0 Å². The molecule has 4 atom stereocenters. The van der Waals surface area contributed by atoms with E-state index < -0.39 is 12.2 Å². The van der Waals surface area contributed by atoms with Gasteiger partial charge in [0, 0.05) is 21.7 Å². The van der Waals surface area contributed by atoms with Crippen molar-refractivity contribution < 1.29 is 67.1 Å². The van der Waals surface area contributed by atoms with Crippen LogP contribution in [0.15, 0.2) is 194 Å². The maximum atomic E-state index is 10.5. The molecule has 0 radical (unpaired) electrons. The average molecular weight is 1190 g/mol. The molecule has 0 spiro atoms. The molecule has 4 unspecified atom stereocenters. The highest BCUT2D eigenvalue weighted by molar-refractivity contribution is 5.46. The van der Waals surface area contributed by atoms with Crippen LogP contribution in [0.25, 0.3) is 0 Å². The second-order valence-electron chi connectivity index (χ2n) is 24.8. The first-order chi connectivity index (χ1) is 42.3. The highest BCUT2D eigenvalue weighted by Crippen LogP contribution is 2.38. The zero-order valence-corrected chi connectivity index (χ0v) is 51.4. The van der Waals surface area contributed by atoms with Crippen molar-refractivity contribution in [2.24, 2.45) is 0 Å². The Kier molecular flexibility index (Phi) is 18.7. The number of hydrogen-bond acceptors (Lipinski definition) is 14. The van der Waals surface area contributed by atoms with Crippen LogP contribution in [0.3, 0.4) is 0 Å². The minimum absolute atomic E-state index is 0.102. The second kappa shape index (κ2) is 26.7.